The number of halogens is 2. The van der Waals surface area contributed by atoms with E-state index in [1.54, 1.807) is 25.4 Å². The molecule has 0 radical (unpaired) electrons. The van der Waals surface area contributed by atoms with E-state index in [0.717, 1.165) is 30.6 Å². The number of likely N-dealkylation sites (tertiary alicyclic amines) is 1. The van der Waals surface area contributed by atoms with Crippen LogP contribution in [-0.4, -0.2) is 61.6 Å². The van der Waals surface area contributed by atoms with E-state index in [0.29, 0.717) is 41.2 Å². The summed E-state index contributed by atoms with van der Waals surface area (Å²) in [5.41, 5.74) is 3.65. The topological polar surface area (TPSA) is 105 Å². The van der Waals surface area contributed by atoms with E-state index in [-0.39, 0.29) is 41.7 Å². The van der Waals surface area contributed by atoms with Gasteiger partial charge < -0.3 is 24.2 Å². The number of ether oxygens (including phenoxy) is 1. The van der Waals surface area contributed by atoms with Gasteiger partial charge in [0.05, 0.1) is 25.2 Å². The smallest absolute Gasteiger partial charge is 0.407 e. The summed E-state index contributed by atoms with van der Waals surface area (Å²) in [6, 6.07) is 7.40. The molecular weight excluding hydrogens is 599 g/mol. The minimum atomic E-state index is -1.07. The molecule has 6 rings (SSSR count). The number of hydrogen-bond acceptors (Lipinski definition) is 5. The third-order valence-corrected chi connectivity index (χ3v) is 9.84. The van der Waals surface area contributed by atoms with Crippen LogP contribution >= 0.6 is 11.6 Å². The quantitative estimate of drug-likeness (QED) is 0.298. The number of fused-ring (bicyclic) bond motifs is 2. The number of imidazole rings is 1. The highest BCUT2D eigenvalue weighted by Gasteiger charge is 2.43. The number of piperidine rings is 1. The number of nitrogens with zero attached hydrogens (tertiary/aromatic N) is 4. The molecule has 0 bridgehead atoms. The zero-order valence-electron chi connectivity index (χ0n) is 26.0. The number of amides is 2. The van der Waals surface area contributed by atoms with Gasteiger partial charge in [-0.25, -0.2) is 19.0 Å². The Kier molecular flexibility index (Phi) is 8.14. The van der Waals surface area contributed by atoms with Crippen LogP contribution in [0.15, 0.2) is 36.7 Å². The summed E-state index contributed by atoms with van der Waals surface area (Å²) >= 11 is 6.83. The van der Waals surface area contributed by atoms with Gasteiger partial charge in [-0.3, -0.25) is 4.79 Å². The molecule has 3 aliphatic heterocycles. The number of carboxylic acid groups (broad SMARTS) is 1. The third-order valence-electron chi connectivity index (χ3n) is 9.51. The van der Waals surface area contributed by atoms with Gasteiger partial charge >= 0.3 is 12.1 Å². The van der Waals surface area contributed by atoms with E-state index in [2.05, 4.69) is 4.98 Å². The van der Waals surface area contributed by atoms with Gasteiger partial charge in [-0.2, -0.15) is 0 Å². The Morgan fingerprint density at radius 1 is 1.18 bits per heavy atom. The first-order valence-electron chi connectivity index (χ1n) is 15.5. The second kappa shape index (κ2) is 11.8. The van der Waals surface area contributed by atoms with Crippen molar-refractivity contribution in [1.82, 2.24) is 19.4 Å². The predicted octanol–water partition coefficient (Wildman–Crippen LogP) is 6.82. The van der Waals surface area contributed by atoms with Gasteiger partial charge in [-0.15, -0.1) is 0 Å². The highest BCUT2D eigenvalue weighted by molar-refractivity contribution is 6.31. The molecule has 3 atom stereocenters. The number of hydrogen-bond donors (Lipinski definition) is 1. The third kappa shape index (κ3) is 5.58. The van der Waals surface area contributed by atoms with Crippen LogP contribution in [0.3, 0.4) is 0 Å². The summed E-state index contributed by atoms with van der Waals surface area (Å²) in [6.07, 6.45) is 3.73. The van der Waals surface area contributed by atoms with Gasteiger partial charge in [-0.1, -0.05) is 44.5 Å². The van der Waals surface area contributed by atoms with E-state index in [1.807, 2.05) is 37.5 Å². The van der Waals surface area contributed by atoms with Crippen molar-refractivity contribution >= 4 is 29.6 Å². The number of rotatable bonds is 6. The first-order chi connectivity index (χ1) is 21.4. The van der Waals surface area contributed by atoms with Crippen LogP contribution in [0, 0.1) is 11.2 Å². The second-order valence-corrected chi connectivity index (χ2v) is 13.7. The SMILES string of the molecule is CCOC(=O)C(c1ncn2c1CCC2)N1Cc2c(F)cc(-c3ccc(C4CCN(C(=O)O)C(C(C)(C)C)C4)c(Cl)c3)cc2C1=O. The van der Waals surface area contributed by atoms with Gasteiger partial charge in [0.2, 0.25) is 0 Å². The summed E-state index contributed by atoms with van der Waals surface area (Å²) in [6.45, 7) is 9.13. The lowest BCUT2D eigenvalue weighted by Crippen LogP contribution is -2.51. The van der Waals surface area contributed by atoms with E-state index < -0.39 is 29.8 Å². The van der Waals surface area contributed by atoms with E-state index in [9.17, 15) is 19.5 Å². The van der Waals surface area contributed by atoms with Crippen LogP contribution < -0.4 is 0 Å². The average Bonchev–Trinajstić information content (AvgIpc) is 3.69. The Morgan fingerprint density at radius 2 is 1.96 bits per heavy atom. The van der Waals surface area contributed by atoms with E-state index in [4.69, 9.17) is 16.3 Å². The zero-order valence-corrected chi connectivity index (χ0v) is 26.7. The molecule has 1 N–H and O–H groups in total. The summed E-state index contributed by atoms with van der Waals surface area (Å²) in [4.78, 5) is 46.3. The summed E-state index contributed by atoms with van der Waals surface area (Å²) in [5, 5.41) is 10.3. The van der Waals surface area contributed by atoms with Crippen molar-refractivity contribution < 1.29 is 28.6 Å². The van der Waals surface area contributed by atoms with Crippen LogP contribution in [0.5, 0.6) is 0 Å². The monoisotopic (exact) mass is 636 g/mol. The Bertz CT molecular complexity index is 1680. The van der Waals surface area contributed by atoms with Crippen molar-refractivity contribution in [3.8, 4) is 11.1 Å². The maximum Gasteiger partial charge on any atom is 0.407 e. The molecule has 3 unspecified atom stereocenters. The lowest BCUT2D eigenvalue weighted by atomic mass is 9.75. The lowest BCUT2D eigenvalue weighted by molar-refractivity contribution is -0.149. The lowest BCUT2D eigenvalue weighted by Gasteiger charge is -2.45. The maximum atomic E-state index is 15.7. The normalized spacial score (nSPS) is 20.3. The van der Waals surface area contributed by atoms with Gasteiger partial charge in [0.15, 0.2) is 6.04 Å². The number of benzene rings is 2. The van der Waals surface area contributed by atoms with E-state index >= 15 is 4.39 Å². The largest absolute Gasteiger partial charge is 0.465 e. The summed E-state index contributed by atoms with van der Waals surface area (Å²) in [5.74, 6) is -1.50. The highest BCUT2D eigenvalue weighted by atomic mass is 35.5. The minimum absolute atomic E-state index is 0.0697. The summed E-state index contributed by atoms with van der Waals surface area (Å²) in [7, 11) is 0. The van der Waals surface area contributed by atoms with E-state index in [1.165, 1.54) is 15.9 Å². The molecule has 11 heteroatoms. The van der Waals surface area contributed by atoms with Crippen molar-refractivity contribution in [2.45, 2.75) is 84.5 Å². The number of carbonyl (C=O) groups is 3. The molecule has 1 saturated heterocycles. The van der Waals surface area contributed by atoms with Crippen LogP contribution in [0.1, 0.15) is 91.8 Å². The van der Waals surface area contributed by atoms with Crippen LogP contribution in [0.2, 0.25) is 5.02 Å². The number of aryl methyl sites for hydroxylation is 1. The van der Waals surface area contributed by atoms with Crippen molar-refractivity contribution in [2.24, 2.45) is 5.41 Å². The van der Waals surface area contributed by atoms with Crippen LogP contribution in [0.4, 0.5) is 9.18 Å². The van der Waals surface area contributed by atoms with Crippen LogP contribution in [0.25, 0.3) is 11.1 Å². The van der Waals surface area contributed by atoms with Gasteiger partial charge in [0.25, 0.3) is 5.91 Å². The number of carbonyl (C=O) groups excluding carboxylic acids is 2. The first-order valence-corrected chi connectivity index (χ1v) is 15.9. The molecular formula is C34H38ClFN4O5. The first kappa shape index (κ1) is 31.1. The Balaban J connectivity index is 1.28. The molecule has 3 aromatic rings. The van der Waals surface area contributed by atoms with Crippen molar-refractivity contribution in [3.05, 3.63) is 75.6 Å². The fourth-order valence-electron chi connectivity index (χ4n) is 7.24. The Hall–Kier alpha value is -3.92. The molecule has 0 spiro atoms. The number of aromatic nitrogens is 2. The Morgan fingerprint density at radius 3 is 2.64 bits per heavy atom. The molecule has 2 aromatic carbocycles. The minimum Gasteiger partial charge on any atom is -0.465 e. The van der Waals surface area contributed by atoms with Crippen molar-refractivity contribution in [3.63, 3.8) is 0 Å². The molecule has 1 aromatic heterocycles. The zero-order chi connectivity index (χ0) is 32.2. The Labute approximate surface area is 266 Å². The average molecular weight is 637 g/mol. The van der Waals surface area contributed by atoms with Gasteiger partial charge in [0.1, 0.15) is 5.82 Å². The molecule has 4 heterocycles. The standard InChI is InChI=1S/C34H38ClFN4O5/c1-5-45-32(42)30(29-27-7-6-11-38(27)18-37-29)40-17-24-23(31(40)41)13-21(15-26(24)36)19-8-9-22(25(35)14-19)20-10-12-39(33(43)44)28(16-20)34(2,3)4/h8-9,13-15,18,20,28,30H,5-7,10-12,16-17H2,1-4H3,(H,43,44). The molecule has 0 aliphatic carbocycles. The molecule has 3 aliphatic rings. The second-order valence-electron chi connectivity index (χ2n) is 13.3. The fourth-order valence-corrected chi connectivity index (χ4v) is 7.57. The van der Waals surface area contributed by atoms with Crippen LogP contribution in [-0.2, 0) is 29.0 Å². The molecule has 238 valence electrons. The molecule has 1 fully saturated rings. The molecule has 9 nitrogen and oxygen atoms in total. The highest BCUT2D eigenvalue weighted by Crippen LogP contribution is 2.43. The molecule has 2 amide bonds. The van der Waals surface area contributed by atoms with Gasteiger partial charge in [-0.05, 0) is 78.8 Å². The molecule has 0 saturated carbocycles. The summed E-state index contributed by atoms with van der Waals surface area (Å²) < 4.78 is 23.0. The maximum absolute atomic E-state index is 15.7. The number of esters is 1. The van der Waals surface area contributed by atoms with Crippen molar-refractivity contribution in [1.29, 1.82) is 0 Å². The van der Waals surface area contributed by atoms with Crippen molar-refractivity contribution in [2.75, 3.05) is 13.2 Å². The molecule has 45 heavy (non-hydrogen) atoms. The fraction of sp³-hybridized carbons (Fsp3) is 0.471. The predicted molar refractivity (Wildman–Crippen MR) is 167 cm³/mol. The van der Waals surface area contributed by atoms with Gasteiger partial charge in [0, 0.05) is 41.0 Å².